The second kappa shape index (κ2) is 12.6. The van der Waals surface area contributed by atoms with Gasteiger partial charge in [0.2, 0.25) is 11.8 Å². The lowest BCUT2D eigenvalue weighted by Gasteiger charge is -2.30. The van der Waals surface area contributed by atoms with Crippen molar-refractivity contribution in [1.29, 1.82) is 0 Å². The highest BCUT2D eigenvalue weighted by Crippen LogP contribution is 2.21. The van der Waals surface area contributed by atoms with E-state index in [4.69, 9.17) is 11.6 Å². The van der Waals surface area contributed by atoms with Gasteiger partial charge in [-0.25, -0.2) is 0 Å². The van der Waals surface area contributed by atoms with Gasteiger partial charge in [-0.3, -0.25) is 9.59 Å². The first-order valence-corrected chi connectivity index (χ1v) is 11.4. The van der Waals surface area contributed by atoms with E-state index in [1.807, 2.05) is 68.4 Å². The SMILES string of the molecule is CCNC(=O)C(CC)N(CCc1ccccc1)C(=O)CCSc1ccc(Cl)cc1. The van der Waals surface area contributed by atoms with Crippen molar-refractivity contribution >= 4 is 35.2 Å². The maximum absolute atomic E-state index is 13.0. The Labute approximate surface area is 183 Å². The lowest BCUT2D eigenvalue weighted by atomic mass is 10.1. The maximum Gasteiger partial charge on any atom is 0.242 e. The fourth-order valence-electron chi connectivity index (χ4n) is 3.12. The number of halogens is 1. The Morgan fingerprint density at radius 1 is 1.07 bits per heavy atom. The van der Waals surface area contributed by atoms with Gasteiger partial charge in [0.1, 0.15) is 6.04 Å². The van der Waals surface area contributed by atoms with E-state index in [2.05, 4.69) is 5.32 Å². The molecule has 0 aromatic heterocycles. The Hall–Kier alpha value is -1.98. The predicted molar refractivity (Wildman–Crippen MR) is 121 cm³/mol. The molecule has 0 spiro atoms. The van der Waals surface area contributed by atoms with Gasteiger partial charge in [0.15, 0.2) is 0 Å². The van der Waals surface area contributed by atoms with E-state index in [0.29, 0.717) is 36.7 Å². The Kier molecular flexibility index (Phi) is 10.1. The van der Waals surface area contributed by atoms with Crippen molar-refractivity contribution in [2.75, 3.05) is 18.8 Å². The first-order chi connectivity index (χ1) is 14.0. The summed E-state index contributed by atoms with van der Waals surface area (Å²) in [5.74, 6) is 0.593. The molecule has 156 valence electrons. The summed E-state index contributed by atoms with van der Waals surface area (Å²) in [6.07, 6.45) is 1.71. The molecule has 2 amide bonds. The lowest BCUT2D eigenvalue weighted by Crippen LogP contribution is -2.50. The van der Waals surface area contributed by atoms with Gasteiger partial charge >= 0.3 is 0 Å². The third-order valence-electron chi connectivity index (χ3n) is 4.62. The van der Waals surface area contributed by atoms with E-state index in [9.17, 15) is 9.59 Å². The van der Waals surface area contributed by atoms with Crippen molar-refractivity contribution in [3.05, 3.63) is 65.2 Å². The molecule has 0 aliphatic heterocycles. The number of nitrogens with zero attached hydrogens (tertiary/aromatic N) is 1. The zero-order chi connectivity index (χ0) is 21.1. The van der Waals surface area contributed by atoms with Crippen molar-refractivity contribution in [2.45, 2.75) is 44.0 Å². The number of rotatable bonds is 11. The summed E-state index contributed by atoms with van der Waals surface area (Å²) in [5, 5.41) is 3.57. The fourth-order valence-corrected chi connectivity index (χ4v) is 4.09. The highest BCUT2D eigenvalue weighted by molar-refractivity contribution is 7.99. The van der Waals surface area contributed by atoms with Crippen LogP contribution in [0.5, 0.6) is 0 Å². The van der Waals surface area contributed by atoms with Crippen LogP contribution in [0.15, 0.2) is 59.5 Å². The summed E-state index contributed by atoms with van der Waals surface area (Å²) in [7, 11) is 0. The second-order valence-electron chi connectivity index (χ2n) is 6.69. The molecule has 2 aromatic rings. The molecule has 2 rings (SSSR count). The topological polar surface area (TPSA) is 49.4 Å². The van der Waals surface area contributed by atoms with E-state index in [0.717, 1.165) is 16.9 Å². The standard InChI is InChI=1S/C23H29ClN2O2S/c1-3-21(23(28)25-4-2)26(16-14-18-8-6-5-7-9-18)22(27)15-17-29-20-12-10-19(24)11-13-20/h5-13,21H,3-4,14-17H2,1-2H3,(H,25,28). The van der Waals surface area contributed by atoms with Crippen molar-refractivity contribution < 1.29 is 9.59 Å². The van der Waals surface area contributed by atoms with Crippen molar-refractivity contribution in [2.24, 2.45) is 0 Å². The molecule has 0 saturated heterocycles. The number of hydrogen-bond acceptors (Lipinski definition) is 3. The van der Waals surface area contributed by atoms with E-state index in [1.165, 1.54) is 0 Å². The van der Waals surface area contributed by atoms with Crippen molar-refractivity contribution in [1.82, 2.24) is 10.2 Å². The molecule has 0 saturated carbocycles. The van der Waals surface area contributed by atoms with Gasteiger partial charge < -0.3 is 10.2 Å². The van der Waals surface area contributed by atoms with Gasteiger partial charge in [-0.05, 0) is 49.6 Å². The molecule has 1 N–H and O–H groups in total. The number of likely N-dealkylation sites (N-methyl/N-ethyl adjacent to an activating group) is 1. The fraction of sp³-hybridized carbons (Fsp3) is 0.391. The number of amides is 2. The monoisotopic (exact) mass is 432 g/mol. The van der Waals surface area contributed by atoms with Gasteiger partial charge in [-0.2, -0.15) is 0 Å². The Balaban J connectivity index is 2.02. The average molecular weight is 433 g/mol. The quantitative estimate of drug-likeness (QED) is 0.518. The van der Waals surface area contributed by atoms with Crippen LogP contribution in [-0.2, 0) is 16.0 Å². The number of hydrogen-bond donors (Lipinski definition) is 1. The highest BCUT2D eigenvalue weighted by atomic mass is 35.5. The Morgan fingerprint density at radius 3 is 2.38 bits per heavy atom. The van der Waals surface area contributed by atoms with Gasteiger partial charge in [-0.15, -0.1) is 11.8 Å². The van der Waals surface area contributed by atoms with Gasteiger partial charge in [0.25, 0.3) is 0 Å². The van der Waals surface area contributed by atoms with Crippen LogP contribution in [0.25, 0.3) is 0 Å². The molecule has 1 unspecified atom stereocenters. The summed E-state index contributed by atoms with van der Waals surface area (Å²) < 4.78 is 0. The molecule has 0 fully saturated rings. The van der Waals surface area contributed by atoms with Crippen LogP contribution in [0, 0.1) is 0 Å². The lowest BCUT2D eigenvalue weighted by molar-refractivity contribution is -0.140. The van der Waals surface area contributed by atoms with Crippen LogP contribution in [0.4, 0.5) is 0 Å². The molecule has 0 aliphatic carbocycles. The molecule has 2 aromatic carbocycles. The third-order valence-corrected chi connectivity index (χ3v) is 5.89. The number of carbonyl (C=O) groups excluding carboxylic acids is 2. The average Bonchev–Trinajstić information content (AvgIpc) is 2.73. The molecule has 1 atom stereocenters. The van der Waals surface area contributed by atoms with E-state index in [1.54, 1.807) is 16.7 Å². The smallest absolute Gasteiger partial charge is 0.242 e. The van der Waals surface area contributed by atoms with E-state index in [-0.39, 0.29) is 11.8 Å². The summed E-state index contributed by atoms with van der Waals surface area (Å²) in [4.78, 5) is 28.4. The molecule has 0 aliphatic rings. The molecule has 6 heteroatoms. The first kappa shape index (κ1) is 23.3. The second-order valence-corrected chi connectivity index (χ2v) is 8.30. The first-order valence-electron chi connectivity index (χ1n) is 10.0. The zero-order valence-corrected chi connectivity index (χ0v) is 18.6. The molecule has 4 nitrogen and oxygen atoms in total. The normalized spacial score (nSPS) is 11.7. The molecular weight excluding hydrogens is 404 g/mol. The van der Waals surface area contributed by atoms with Crippen LogP contribution < -0.4 is 5.32 Å². The van der Waals surface area contributed by atoms with Crippen LogP contribution >= 0.6 is 23.4 Å². The highest BCUT2D eigenvalue weighted by Gasteiger charge is 2.27. The summed E-state index contributed by atoms with van der Waals surface area (Å²) in [6, 6.07) is 17.2. The van der Waals surface area contributed by atoms with Crippen molar-refractivity contribution in [3.8, 4) is 0 Å². The predicted octanol–water partition coefficient (Wildman–Crippen LogP) is 4.81. The summed E-state index contributed by atoms with van der Waals surface area (Å²) in [5.41, 5.74) is 1.16. The summed E-state index contributed by atoms with van der Waals surface area (Å²) >= 11 is 7.54. The number of carbonyl (C=O) groups is 2. The van der Waals surface area contributed by atoms with Gasteiger partial charge in [-0.1, -0.05) is 48.9 Å². The van der Waals surface area contributed by atoms with Crippen LogP contribution in [0.1, 0.15) is 32.3 Å². The summed E-state index contributed by atoms with van der Waals surface area (Å²) in [6.45, 7) is 4.93. The molecule has 0 bridgehead atoms. The minimum absolute atomic E-state index is 0.0143. The number of benzene rings is 2. The Bertz CT molecular complexity index is 768. The molecule has 0 heterocycles. The van der Waals surface area contributed by atoms with Crippen molar-refractivity contribution in [3.63, 3.8) is 0 Å². The molecule has 29 heavy (non-hydrogen) atoms. The zero-order valence-electron chi connectivity index (χ0n) is 17.1. The minimum Gasteiger partial charge on any atom is -0.355 e. The minimum atomic E-state index is -0.438. The van der Waals surface area contributed by atoms with Crippen LogP contribution in [0.3, 0.4) is 0 Å². The third kappa shape index (κ3) is 7.75. The van der Waals surface area contributed by atoms with Crippen LogP contribution in [0.2, 0.25) is 5.02 Å². The maximum atomic E-state index is 13.0. The van der Waals surface area contributed by atoms with Gasteiger partial charge in [0.05, 0.1) is 0 Å². The van der Waals surface area contributed by atoms with Gasteiger partial charge in [0, 0.05) is 35.2 Å². The van der Waals surface area contributed by atoms with E-state index >= 15 is 0 Å². The largest absolute Gasteiger partial charge is 0.355 e. The van der Waals surface area contributed by atoms with Crippen LogP contribution in [-0.4, -0.2) is 41.6 Å². The molecular formula is C23H29ClN2O2S. The Morgan fingerprint density at radius 2 is 1.76 bits per heavy atom. The number of nitrogens with one attached hydrogen (secondary N) is 1. The van der Waals surface area contributed by atoms with E-state index < -0.39 is 6.04 Å². The molecule has 0 radical (unpaired) electrons. The number of thioether (sulfide) groups is 1.